The average molecular weight is 374 g/mol. The van der Waals surface area contributed by atoms with E-state index in [1.807, 2.05) is 20.8 Å². The molecule has 2 rings (SSSR count). The molecule has 1 atom stereocenters. The molecular weight excluding hydrogens is 350 g/mol. The summed E-state index contributed by atoms with van der Waals surface area (Å²) in [5, 5.41) is 14.3. The van der Waals surface area contributed by atoms with Crippen molar-refractivity contribution in [3.8, 4) is 5.75 Å². The minimum Gasteiger partial charge on any atom is -0.548 e. The summed E-state index contributed by atoms with van der Waals surface area (Å²) >= 11 is 0. The highest BCUT2D eigenvalue weighted by atomic mass is 16.5. The average Bonchev–Trinajstić information content (AvgIpc) is 2.58. The first-order chi connectivity index (χ1) is 12.6. The number of hydrogen-bond acceptors (Lipinski definition) is 6. The first-order valence-corrected chi connectivity index (χ1v) is 8.78. The van der Waals surface area contributed by atoms with Crippen LogP contribution in [0, 0.1) is 26.7 Å². The number of carboxylic acids is 1. The molecule has 1 aromatic carbocycles. The largest absolute Gasteiger partial charge is 0.548 e. The molecule has 0 unspecified atom stereocenters. The maximum absolute atomic E-state index is 12.0. The Labute approximate surface area is 157 Å². The lowest BCUT2D eigenvalue weighted by Gasteiger charge is -2.21. The van der Waals surface area contributed by atoms with E-state index in [0.29, 0.717) is 22.5 Å². The molecule has 0 aliphatic heterocycles. The Hall–Kier alpha value is -2.83. The van der Waals surface area contributed by atoms with Crippen LogP contribution in [0.3, 0.4) is 0 Å². The number of aliphatic carboxylic acids is 1. The van der Waals surface area contributed by atoms with Crippen LogP contribution in [0.2, 0.25) is 0 Å². The van der Waals surface area contributed by atoms with Crippen LogP contribution in [-0.2, 0) is 9.59 Å². The Morgan fingerprint density at radius 1 is 1.15 bits per heavy atom. The third kappa shape index (κ3) is 4.67. The van der Waals surface area contributed by atoms with Crippen molar-refractivity contribution in [2.75, 3.05) is 6.61 Å². The van der Waals surface area contributed by atoms with Gasteiger partial charge in [0.2, 0.25) is 0 Å². The number of carbonyl (C=O) groups is 2. The zero-order valence-electron chi connectivity index (χ0n) is 16.2. The van der Waals surface area contributed by atoms with Gasteiger partial charge in [-0.3, -0.25) is 4.79 Å². The lowest BCUT2D eigenvalue weighted by Crippen LogP contribution is -2.49. The molecule has 0 bridgehead atoms. The molecule has 1 N–H and O–H groups in total. The van der Waals surface area contributed by atoms with Crippen LogP contribution < -0.4 is 20.8 Å². The SMILES string of the molecule is Cc1c(C)c2ccc(OCC(=O)N[C@@H](CC(C)C)C(=O)[O-])c(C)c2oc1=O. The van der Waals surface area contributed by atoms with E-state index in [4.69, 9.17) is 9.15 Å². The molecule has 2 aromatic rings. The van der Waals surface area contributed by atoms with Gasteiger partial charge in [-0.2, -0.15) is 0 Å². The van der Waals surface area contributed by atoms with Crippen LogP contribution in [0.5, 0.6) is 5.75 Å². The van der Waals surface area contributed by atoms with Crippen LogP contribution in [-0.4, -0.2) is 24.5 Å². The van der Waals surface area contributed by atoms with Crippen LogP contribution in [0.1, 0.15) is 37.0 Å². The second-order valence-corrected chi connectivity index (χ2v) is 7.06. The first-order valence-electron chi connectivity index (χ1n) is 8.78. The topological polar surface area (TPSA) is 109 Å². The van der Waals surface area contributed by atoms with Crippen molar-refractivity contribution in [3.63, 3.8) is 0 Å². The van der Waals surface area contributed by atoms with Crippen molar-refractivity contribution >= 4 is 22.8 Å². The minimum atomic E-state index is -1.33. The van der Waals surface area contributed by atoms with Crippen molar-refractivity contribution in [2.24, 2.45) is 5.92 Å². The molecule has 0 aliphatic rings. The molecule has 1 heterocycles. The summed E-state index contributed by atoms with van der Waals surface area (Å²) < 4.78 is 10.9. The molecule has 1 amide bonds. The predicted molar refractivity (Wildman–Crippen MR) is 98.6 cm³/mol. The van der Waals surface area contributed by atoms with E-state index in [1.165, 1.54) is 0 Å². The molecule has 27 heavy (non-hydrogen) atoms. The lowest BCUT2D eigenvalue weighted by molar-refractivity contribution is -0.308. The van der Waals surface area contributed by atoms with Crippen molar-refractivity contribution in [2.45, 2.75) is 47.1 Å². The molecule has 7 nitrogen and oxygen atoms in total. The number of fused-ring (bicyclic) bond motifs is 1. The van der Waals surface area contributed by atoms with Gasteiger partial charge in [-0.25, -0.2) is 4.79 Å². The van der Waals surface area contributed by atoms with E-state index in [2.05, 4.69) is 5.32 Å². The molecule has 0 fully saturated rings. The number of amides is 1. The van der Waals surface area contributed by atoms with Gasteiger partial charge in [-0.05, 0) is 50.8 Å². The number of aryl methyl sites for hydroxylation is 2. The van der Waals surface area contributed by atoms with Crippen LogP contribution >= 0.6 is 0 Å². The van der Waals surface area contributed by atoms with E-state index in [0.717, 1.165) is 10.9 Å². The summed E-state index contributed by atoms with van der Waals surface area (Å²) in [6.45, 7) is 8.63. The minimum absolute atomic E-state index is 0.0893. The molecule has 7 heteroatoms. The van der Waals surface area contributed by atoms with E-state index in [-0.39, 0.29) is 18.9 Å². The van der Waals surface area contributed by atoms with Crippen LogP contribution in [0.4, 0.5) is 0 Å². The monoisotopic (exact) mass is 374 g/mol. The molecule has 0 saturated heterocycles. The normalized spacial score (nSPS) is 12.2. The third-order valence-electron chi connectivity index (χ3n) is 4.51. The molecule has 0 aliphatic carbocycles. The van der Waals surface area contributed by atoms with E-state index >= 15 is 0 Å². The molecule has 1 aromatic heterocycles. The number of carbonyl (C=O) groups excluding carboxylic acids is 2. The molecule has 0 radical (unpaired) electrons. The maximum atomic E-state index is 12.0. The van der Waals surface area contributed by atoms with Gasteiger partial charge in [0.25, 0.3) is 5.91 Å². The second-order valence-electron chi connectivity index (χ2n) is 7.06. The Kier molecular flexibility index (Phi) is 6.25. The van der Waals surface area contributed by atoms with E-state index < -0.39 is 23.5 Å². The van der Waals surface area contributed by atoms with Gasteiger partial charge in [0, 0.05) is 16.5 Å². The summed E-state index contributed by atoms with van der Waals surface area (Å²) in [6.07, 6.45) is 0.271. The third-order valence-corrected chi connectivity index (χ3v) is 4.51. The first kappa shape index (κ1) is 20.5. The fraction of sp³-hybridized carbons (Fsp3) is 0.450. The summed E-state index contributed by atoms with van der Waals surface area (Å²) in [7, 11) is 0. The quantitative estimate of drug-likeness (QED) is 0.734. The summed E-state index contributed by atoms with van der Waals surface area (Å²) in [5.74, 6) is -1.41. The van der Waals surface area contributed by atoms with Gasteiger partial charge in [-0.1, -0.05) is 13.8 Å². The Bertz CT molecular complexity index is 928. The highest BCUT2D eigenvalue weighted by molar-refractivity contribution is 5.86. The predicted octanol–water partition coefficient (Wildman–Crippen LogP) is 1.38. The molecule has 0 saturated carbocycles. The van der Waals surface area contributed by atoms with Gasteiger partial charge >= 0.3 is 5.63 Å². The zero-order chi connectivity index (χ0) is 20.3. The van der Waals surface area contributed by atoms with Crippen molar-refractivity contribution in [1.82, 2.24) is 5.32 Å². The Morgan fingerprint density at radius 2 is 1.81 bits per heavy atom. The van der Waals surface area contributed by atoms with Gasteiger partial charge in [0.15, 0.2) is 6.61 Å². The fourth-order valence-electron chi connectivity index (χ4n) is 2.85. The number of carboxylic acid groups (broad SMARTS) is 1. The molecule has 0 spiro atoms. The van der Waals surface area contributed by atoms with Crippen molar-refractivity contribution in [3.05, 3.63) is 39.2 Å². The van der Waals surface area contributed by atoms with Gasteiger partial charge in [-0.15, -0.1) is 0 Å². The second kappa shape index (κ2) is 8.24. The van der Waals surface area contributed by atoms with Crippen molar-refractivity contribution < 1.29 is 23.8 Å². The summed E-state index contributed by atoms with van der Waals surface area (Å²) in [5.41, 5.74) is 1.98. The number of rotatable bonds is 7. The Balaban J connectivity index is 2.16. The van der Waals surface area contributed by atoms with Gasteiger partial charge in [0.1, 0.15) is 11.3 Å². The maximum Gasteiger partial charge on any atom is 0.339 e. The number of benzene rings is 1. The lowest BCUT2D eigenvalue weighted by atomic mass is 10.0. The zero-order valence-corrected chi connectivity index (χ0v) is 16.2. The smallest absolute Gasteiger partial charge is 0.339 e. The van der Waals surface area contributed by atoms with E-state index in [9.17, 15) is 19.5 Å². The van der Waals surface area contributed by atoms with Crippen LogP contribution in [0.15, 0.2) is 21.3 Å². The standard InChI is InChI=1S/C20H25NO6/c1-10(2)8-15(19(23)24)21-17(22)9-26-16-7-6-14-11(3)12(4)20(25)27-18(14)13(16)5/h6-7,10,15H,8-9H2,1-5H3,(H,21,22)(H,23,24)/p-1/t15-/m0/s1. The van der Waals surface area contributed by atoms with Gasteiger partial charge < -0.3 is 24.4 Å². The highest BCUT2D eigenvalue weighted by Crippen LogP contribution is 2.29. The highest BCUT2D eigenvalue weighted by Gasteiger charge is 2.17. The number of hydrogen-bond donors (Lipinski definition) is 1. The van der Waals surface area contributed by atoms with E-state index in [1.54, 1.807) is 26.0 Å². The summed E-state index contributed by atoms with van der Waals surface area (Å²) in [4.78, 5) is 35.1. The molecular formula is C20H24NO6-. The fourth-order valence-corrected chi connectivity index (χ4v) is 2.85. The molecule has 146 valence electrons. The summed E-state index contributed by atoms with van der Waals surface area (Å²) in [6, 6.07) is 2.40. The number of nitrogens with one attached hydrogen (secondary N) is 1. The van der Waals surface area contributed by atoms with Crippen LogP contribution in [0.25, 0.3) is 11.0 Å². The number of ether oxygens (including phenoxy) is 1. The van der Waals surface area contributed by atoms with Crippen molar-refractivity contribution in [1.29, 1.82) is 0 Å². The Morgan fingerprint density at radius 3 is 2.41 bits per heavy atom. The van der Waals surface area contributed by atoms with Gasteiger partial charge in [0.05, 0.1) is 12.0 Å².